The van der Waals surface area contributed by atoms with E-state index in [2.05, 4.69) is 10.2 Å². The van der Waals surface area contributed by atoms with Gasteiger partial charge in [0.25, 0.3) is 0 Å². The number of nitrogens with zero attached hydrogens (tertiary/aromatic N) is 2. The van der Waals surface area contributed by atoms with Gasteiger partial charge in [0.2, 0.25) is 0 Å². The van der Waals surface area contributed by atoms with Crippen molar-refractivity contribution in [3.05, 3.63) is 34.6 Å². The Bertz CT molecular complexity index is 569. The smallest absolute Gasteiger partial charge is 0.141 e. The number of fused-ring (bicyclic) bond motifs is 1. The zero-order valence-electron chi connectivity index (χ0n) is 12.2. The molecule has 2 fully saturated rings. The molecule has 1 aromatic carbocycles. The van der Waals surface area contributed by atoms with Gasteiger partial charge in [-0.1, -0.05) is 6.07 Å². The summed E-state index contributed by atoms with van der Waals surface area (Å²) in [5.74, 6) is -0.451. The summed E-state index contributed by atoms with van der Waals surface area (Å²) < 4.78 is 19.7. The lowest BCUT2D eigenvalue weighted by Gasteiger charge is -2.35. The molecule has 2 heterocycles. The summed E-state index contributed by atoms with van der Waals surface area (Å²) in [4.78, 5) is 2.45. The Morgan fingerprint density at radius 3 is 3.14 bits per heavy atom. The molecule has 0 spiro atoms. The summed E-state index contributed by atoms with van der Waals surface area (Å²) in [6.07, 6.45) is 0.926. The van der Waals surface area contributed by atoms with Crippen LogP contribution in [-0.2, 0) is 4.74 Å². The van der Waals surface area contributed by atoms with E-state index in [-0.39, 0.29) is 11.7 Å². The molecular formula is C16H20FN3O. The number of rotatable bonds is 1. The first-order valence-corrected chi connectivity index (χ1v) is 7.46. The van der Waals surface area contributed by atoms with Crippen molar-refractivity contribution >= 4 is 0 Å². The molecule has 21 heavy (non-hydrogen) atoms. The summed E-state index contributed by atoms with van der Waals surface area (Å²) in [6.45, 7) is 6.32. The van der Waals surface area contributed by atoms with E-state index >= 15 is 0 Å². The van der Waals surface area contributed by atoms with Crippen molar-refractivity contribution < 1.29 is 9.13 Å². The highest BCUT2D eigenvalue weighted by Crippen LogP contribution is 2.29. The predicted molar refractivity (Wildman–Crippen MR) is 77.4 cm³/mol. The highest BCUT2D eigenvalue weighted by atomic mass is 19.1. The number of nitriles is 1. The van der Waals surface area contributed by atoms with Gasteiger partial charge >= 0.3 is 0 Å². The fourth-order valence-electron chi connectivity index (χ4n) is 3.31. The molecule has 5 heteroatoms. The maximum absolute atomic E-state index is 13.7. The first-order chi connectivity index (χ1) is 10.2. The second-order valence-corrected chi connectivity index (χ2v) is 5.75. The van der Waals surface area contributed by atoms with E-state index in [0.29, 0.717) is 18.2 Å². The fraction of sp³-hybridized carbons (Fsp3) is 0.562. The number of halogens is 1. The van der Waals surface area contributed by atoms with Gasteiger partial charge in [-0.05, 0) is 30.5 Å². The third kappa shape index (κ3) is 2.80. The van der Waals surface area contributed by atoms with Gasteiger partial charge in [-0.25, -0.2) is 4.39 Å². The Morgan fingerprint density at radius 2 is 2.33 bits per heavy atom. The normalized spacial score (nSPS) is 26.7. The van der Waals surface area contributed by atoms with Crippen LogP contribution in [0.5, 0.6) is 0 Å². The first-order valence-electron chi connectivity index (χ1n) is 7.46. The van der Waals surface area contributed by atoms with E-state index in [1.54, 1.807) is 13.0 Å². The summed E-state index contributed by atoms with van der Waals surface area (Å²) in [6, 6.07) is 5.62. The van der Waals surface area contributed by atoms with Gasteiger partial charge in [-0.2, -0.15) is 5.26 Å². The molecular weight excluding hydrogens is 269 g/mol. The van der Waals surface area contributed by atoms with Crippen molar-refractivity contribution in [3.8, 4) is 6.07 Å². The van der Waals surface area contributed by atoms with Crippen LogP contribution in [0.25, 0.3) is 0 Å². The van der Waals surface area contributed by atoms with Crippen LogP contribution < -0.4 is 5.32 Å². The summed E-state index contributed by atoms with van der Waals surface area (Å²) >= 11 is 0. The maximum Gasteiger partial charge on any atom is 0.141 e. The summed E-state index contributed by atoms with van der Waals surface area (Å²) in [5.41, 5.74) is 1.78. The lowest BCUT2D eigenvalue weighted by atomic mass is 9.97. The van der Waals surface area contributed by atoms with Gasteiger partial charge in [0.05, 0.1) is 11.7 Å². The first kappa shape index (κ1) is 14.5. The van der Waals surface area contributed by atoms with E-state index in [1.807, 2.05) is 6.07 Å². The van der Waals surface area contributed by atoms with Gasteiger partial charge in [-0.3, -0.25) is 4.90 Å². The third-order valence-electron chi connectivity index (χ3n) is 4.56. The molecule has 4 nitrogen and oxygen atoms in total. The molecule has 0 aromatic heterocycles. The average Bonchev–Trinajstić information content (AvgIpc) is 2.70. The van der Waals surface area contributed by atoms with Gasteiger partial charge < -0.3 is 10.1 Å². The Labute approximate surface area is 124 Å². The van der Waals surface area contributed by atoms with Crippen molar-refractivity contribution in [2.24, 2.45) is 0 Å². The van der Waals surface area contributed by atoms with Crippen molar-refractivity contribution in [2.45, 2.75) is 25.5 Å². The van der Waals surface area contributed by atoms with Crippen LogP contribution in [0.15, 0.2) is 12.1 Å². The molecule has 0 radical (unpaired) electrons. The maximum atomic E-state index is 13.7. The molecule has 112 valence electrons. The highest BCUT2D eigenvalue weighted by Gasteiger charge is 2.30. The van der Waals surface area contributed by atoms with E-state index in [9.17, 15) is 4.39 Å². The van der Waals surface area contributed by atoms with Gasteiger partial charge in [0, 0.05) is 38.8 Å². The van der Waals surface area contributed by atoms with E-state index in [0.717, 1.165) is 38.2 Å². The molecule has 2 atom stereocenters. The molecule has 2 saturated heterocycles. The average molecular weight is 289 g/mol. The number of ether oxygens (including phenoxy) is 1. The zero-order chi connectivity index (χ0) is 14.8. The number of hydrogen-bond donors (Lipinski definition) is 1. The topological polar surface area (TPSA) is 48.3 Å². The number of piperazine rings is 1. The Balaban J connectivity index is 1.88. The molecule has 2 aliphatic rings. The van der Waals surface area contributed by atoms with Crippen LogP contribution in [0, 0.1) is 24.1 Å². The SMILES string of the molecule is Cc1c([C@@H]2CN3CCNC[C@@H]3CCO2)ccc(F)c1C#N. The Morgan fingerprint density at radius 1 is 1.48 bits per heavy atom. The quantitative estimate of drug-likeness (QED) is 0.855. The predicted octanol–water partition coefficient (Wildman–Crippen LogP) is 1.74. The minimum atomic E-state index is -0.451. The van der Waals surface area contributed by atoms with Crippen LogP contribution >= 0.6 is 0 Å². The minimum Gasteiger partial charge on any atom is -0.372 e. The van der Waals surface area contributed by atoms with Crippen molar-refractivity contribution in [3.63, 3.8) is 0 Å². The number of nitrogens with one attached hydrogen (secondary N) is 1. The molecule has 0 bridgehead atoms. The molecule has 2 aliphatic heterocycles. The molecule has 0 saturated carbocycles. The van der Waals surface area contributed by atoms with Gasteiger partial charge in [-0.15, -0.1) is 0 Å². The summed E-state index contributed by atoms with van der Waals surface area (Å²) in [7, 11) is 0. The van der Waals surface area contributed by atoms with Crippen molar-refractivity contribution in [1.29, 1.82) is 5.26 Å². The lowest BCUT2D eigenvalue weighted by Crippen LogP contribution is -2.51. The molecule has 0 amide bonds. The Hall–Kier alpha value is -1.48. The molecule has 3 rings (SSSR count). The van der Waals surface area contributed by atoms with Crippen LogP contribution in [0.2, 0.25) is 0 Å². The van der Waals surface area contributed by atoms with Crippen molar-refractivity contribution in [1.82, 2.24) is 10.2 Å². The standard InChI is InChI=1S/C16H20FN3O/c1-11-13(2-3-15(17)14(11)8-18)16-10-20-6-5-19-9-12(20)4-7-21-16/h2-3,12,16,19H,4-7,9-10H2,1H3/t12-,16-/m0/s1. The molecule has 1 N–H and O–H groups in total. The van der Waals surface area contributed by atoms with E-state index in [1.165, 1.54) is 6.07 Å². The largest absolute Gasteiger partial charge is 0.372 e. The van der Waals surface area contributed by atoms with Crippen LogP contribution in [0.4, 0.5) is 4.39 Å². The van der Waals surface area contributed by atoms with Crippen LogP contribution in [-0.4, -0.2) is 43.7 Å². The second kappa shape index (κ2) is 6.10. The Kier molecular flexibility index (Phi) is 4.20. The summed E-state index contributed by atoms with van der Waals surface area (Å²) in [5, 5.41) is 12.5. The lowest BCUT2D eigenvalue weighted by molar-refractivity contribution is 0.0510. The second-order valence-electron chi connectivity index (χ2n) is 5.75. The molecule has 0 unspecified atom stereocenters. The van der Waals surface area contributed by atoms with Crippen LogP contribution in [0.3, 0.4) is 0 Å². The molecule has 1 aromatic rings. The molecule has 0 aliphatic carbocycles. The van der Waals surface area contributed by atoms with Gasteiger partial charge in [0.1, 0.15) is 11.9 Å². The number of benzene rings is 1. The van der Waals surface area contributed by atoms with Crippen LogP contribution in [0.1, 0.15) is 29.2 Å². The van der Waals surface area contributed by atoms with Gasteiger partial charge in [0.15, 0.2) is 0 Å². The zero-order valence-corrected chi connectivity index (χ0v) is 12.2. The fourth-order valence-corrected chi connectivity index (χ4v) is 3.31. The highest BCUT2D eigenvalue weighted by molar-refractivity contribution is 5.44. The van der Waals surface area contributed by atoms with E-state index in [4.69, 9.17) is 10.00 Å². The third-order valence-corrected chi connectivity index (χ3v) is 4.56. The monoisotopic (exact) mass is 289 g/mol. The number of hydrogen-bond acceptors (Lipinski definition) is 4. The van der Waals surface area contributed by atoms with E-state index < -0.39 is 5.82 Å². The van der Waals surface area contributed by atoms with Crippen molar-refractivity contribution in [2.75, 3.05) is 32.8 Å². The minimum absolute atomic E-state index is 0.0826.